The molecule has 0 aromatic heterocycles. The summed E-state index contributed by atoms with van der Waals surface area (Å²) in [4.78, 5) is 14.2. The molecule has 1 amide bonds. The van der Waals surface area contributed by atoms with Crippen molar-refractivity contribution >= 4 is 23.4 Å². The Morgan fingerprint density at radius 2 is 2.06 bits per heavy atom. The summed E-state index contributed by atoms with van der Waals surface area (Å²) in [5, 5.41) is 8.81. The van der Waals surface area contributed by atoms with E-state index in [4.69, 9.17) is 10.8 Å². The smallest absolute Gasteiger partial charge is 0.246 e. The third kappa shape index (κ3) is 2.98. The first-order valence-electron chi connectivity index (χ1n) is 4.88. The van der Waals surface area contributed by atoms with Crippen LogP contribution in [0, 0.1) is 0 Å². The van der Waals surface area contributed by atoms with Crippen LogP contribution in [0.1, 0.15) is 0 Å². The third-order valence-electron chi connectivity index (χ3n) is 2.30. The lowest BCUT2D eigenvalue weighted by atomic mass is 10.2. The van der Waals surface area contributed by atoms with Gasteiger partial charge in [-0.25, -0.2) is 0 Å². The second-order valence-electron chi connectivity index (χ2n) is 3.38. The van der Waals surface area contributed by atoms with E-state index in [2.05, 4.69) is 0 Å². The van der Waals surface area contributed by atoms with Crippen molar-refractivity contribution in [3.05, 3.63) is 24.3 Å². The number of anilines is 1. The van der Waals surface area contributed by atoms with Gasteiger partial charge in [0.25, 0.3) is 0 Å². The first-order valence-corrected chi connectivity index (χ1v) is 6.10. The quantitative estimate of drug-likeness (QED) is 0.760. The Morgan fingerprint density at radius 3 is 2.50 bits per heavy atom. The van der Waals surface area contributed by atoms with Crippen LogP contribution in [0.15, 0.2) is 29.2 Å². The molecule has 1 aromatic carbocycles. The van der Waals surface area contributed by atoms with E-state index in [9.17, 15) is 4.79 Å². The van der Waals surface area contributed by atoms with Crippen LogP contribution in [0.25, 0.3) is 0 Å². The molecule has 1 aromatic rings. The summed E-state index contributed by atoms with van der Waals surface area (Å²) < 4.78 is 0. The van der Waals surface area contributed by atoms with Gasteiger partial charge in [0, 0.05) is 17.6 Å². The predicted octanol–water partition coefficient (Wildman–Crippen LogP) is 0.691. The highest BCUT2D eigenvalue weighted by Gasteiger charge is 2.17. The molecular formula is C11H16N2O2S. The Balaban J connectivity index is 2.79. The number of aliphatic hydroxyl groups excluding tert-OH is 1. The zero-order valence-electron chi connectivity index (χ0n) is 9.38. The van der Waals surface area contributed by atoms with E-state index >= 15 is 0 Å². The lowest BCUT2D eigenvalue weighted by molar-refractivity contribution is -0.120. The van der Waals surface area contributed by atoms with Crippen molar-refractivity contribution < 1.29 is 9.90 Å². The topological polar surface area (TPSA) is 66.6 Å². The number of hydrogen-bond donors (Lipinski definition) is 2. The van der Waals surface area contributed by atoms with Gasteiger partial charge in [-0.15, -0.1) is 11.8 Å². The normalized spacial score (nSPS) is 12.2. The molecule has 88 valence electrons. The number of thioether (sulfide) groups is 1. The minimum Gasteiger partial charge on any atom is -0.394 e. The maximum atomic E-state index is 11.7. The molecule has 5 heteroatoms. The van der Waals surface area contributed by atoms with Crippen molar-refractivity contribution in [3.8, 4) is 0 Å². The van der Waals surface area contributed by atoms with E-state index in [1.165, 1.54) is 4.90 Å². The Labute approximate surface area is 99.4 Å². The highest BCUT2D eigenvalue weighted by Crippen LogP contribution is 2.19. The Morgan fingerprint density at radius 1 is 1.50 bits per heavy atom. The molecule has 0 radical (unpaired) electrons. The predicted molar refractivity (Wildman–Crippen MR) is 66.7 cm³/mol. The second kappa shape index (κ2) is 5.89. The zero-order valence-corrected chi connectivity index (χ0v) is 10.2. The van der Waals surface area contributed by atoms with Crippen molar-refractivity contribution in [2.45, 2.75) is 10.9 Å². The van der Waals surface area contributed by atoms with Crippen LogP contribution < -0.4 is 10.6 Å². The van der Waals surface area contributed by atoms with Gasteiger partial charge in [-0.2, -0.15) is 0 Å². The molecule has 0 aliphatic heterocycles. The molecule has 4 nitrogen and oxygen atoms in total. The van der Waals surface area contributed by atoms with Gasteiger partial charge in [-0.05, 0) is 30.5 Å². The number of carbonyl (C=O) groups excluding carboxylic acids is 1. The van der Waals surface area contributed by atoms with Crippen LogP contribution >= 0.6 is 11.8 Å². The number of nitrogens with zero attached hydrogens (tertiary/aromatic N) is 1. The molecule has 0 saturated carbocycles. The monoisotopic (exact) mass is 240 g/mol. The molecule has 1 unspecified atom stereocenters. The summed E-state index contributed by atoms with van der Waals surface area (Å²) in [5.74, 6) is -0.292. The minimum absolute atomic E-state index is 0.292. The zero-order chi connectivity index (χ0) is 12.1. The largest absolute Gasteiger partial charge is 0.394 e. The number of likely N-dealkylation sites (N-methyl/N-ethyl adjacent to an activating group) is 1. The lowest BCUT2D eigenvalue weighted by Crippen LogP contribution is -2.44. The first kappa shape index (κ1) is 13.0. The van der Waals surface area contributed by atoms with Crippen LogP contribution in [-0.2, 0) is 4.79 Å². The molecular weight excluding hydrogens is 224 g/mol. The summed E-state index contributed by atoms with van der Waals surface area (Å²) in [6.07, 6.45) is 1.99. The van der Waals surface area contributed by atoms with Gasteiger partial charge in [-0.3, -0.25) is 4.79 Å². The van der Waals surface area contributed by atoms with Crippen molar-refractivity contribution in [3.63, 3.8) is 0 Å². The fourth-order valence-electron chi connectivity index (χ4n) is 1.26. The third-order valence-corrected chi connectivity index (χ3v) is 3.05. The molecule has 16 heavy (non-hydrogen) atoms. The SMILES string of the molecule is CSc1ccc(N(C)C(=O)C(N)CO)cc1. The van der Waals surface area contributed by atoms with Crippen LogP contribution in [0.2, 0.25) is 0 Å². The summed E-state index contributed by atoms with van der Waals surface area (Å²) in [6, 6.07) is 6.73. The van der Waals surface area contributed by atoms with Gasteiger partial charge in [0.05, 0.1) is 6.61 Å². The van der Waals surface area contributed by atoms with E-state index in [1.54, 1.807) is 18.8 Å². The van der Waals surface area contributed by atoms with Gasteiger partial charge >= 0.3 is 0 Å². The molecule has 1 rings (SSSR count). The van der Waals surface area contributed by atoms with Crippen LogP contribution in [0.4, 0.5) is 5.69 Å². The van der Waals surface area contributed by atoms with Gasteiger partial charge in [-0.1, -0.05) is 0 Å². The highest BCUT2D eigenvalue weighted by molar-refractivity contribution is 7.98. The summed E-state index contributed by atoms with van der Waals surface area (Å²) in [5.41, 5.74) is 6.24. The fourth-order valence-corrected chi connectivity index (χ4v) is 1.67. The number of rotatable bonds is 4. The van der Waals surface area contributed by atoms with Gasteiger partial charge in [0.2, 0.25) is 5.91 Å². The fraction of sp³-hybridized carbons (Fsp3) is 0.364. The maximum Gasteiger partial charge on any atom is 0.246 e. The molecule has 1 atom stereocenters. The molecule has 0 heterocycles. The van der Waals surface area contributed by atoms with E-state index in [0.717, 1.165) is 10.6 Å². The van der Waals surface area contributed by atoms with Crippen LogP contribution in [0.3, 0.4) is 0 Å². The van der Waals surface area contributed by atoms with Crippen molar-refractivity contribution in [2.75, 3.05) is 24.8 Å². The Kier molecular flexibility index (Phi) is 4.79. The van der Waals surface area contributed by atoms with Crippen molar-refractivity contribution in [1.82, 2.24) is 0 Å². The number of amides is 1. The molecule has 0 aliphatic carbocycles. The average molecular weight is 240 g/mol. The maximum absolute atomic E-state index is 11.7. The van der Waals surface area contributed by atoms with E-state index in [0.29, 0.717) is 0 Å². The summed E-state index contributed by atoms with van der Waals surface area (Å²) >= 11 is 1.64. The molecule has 0 fully saturated rings. The van der Waals surface area contributed by atoms with Crippen molar-refractivity contribution in [1.29, 1.82) is 0 Å². The average Bonchev–Trinajstić information content (AvgIpc) is 2.36. The van der Waals surface area contributed by atoms with Crippen LogP contribution in [-0.4, -0.2) is 37.0 Å². The Bertz CT molecular complexity index is 354. The summed E-state index contributed by atoms with van der Waals surface area (Å²) in [6.45, 7) is -0.341. The second-order valence-corrected chi connectivity index (χ2v) is 4.26. The minimum atomic E-state index is -0.856. The first-order chi connectivity index (χ1) is 7.60. The molecule has 0 saturated heterocycles. The van der Waals surface area contributed by atoms with Gasteiger partial charge in [0.15, 0.2) is 0 Å². The molecule has 3 N–H and O–H groups in total. The Hall–Kier alpha value is -1.04. The number of nitrogens with two attached hydrogens (primary N) is 1. The summed E-state index contributed by atoms with van der Waals surface area (Å²) in [7, 11) is 1.64. The van der Waals surface area contributed by atoms with Crippen LogP contribution in [0.5, 0.6) is 0 Å². The van der Waals surface area contributed by atoms with Gasteiger partial charge in [0.1, 0.15) is 6.04 Å². The standard InChI is InChI=1S/C11H16N2O2S/c1-13(11(15)10(12)7-14)8-3-5-9(16-2)6-4-8/h3-6,10,14H,7,12H2,1-2H3. The molecule has 0 aliphatic rings. The molecule has 0 bridgehead atoms. The lowest BCUT2D eigenvalue weighted by Gasteiger charge is -2.20. The van der Waals surface area contributed by atoms with E-state index < -0.39 is 6.04 Å². The molecule has 0 spiro atoms. The van der Waals surface area contributed by atoms with E-state index in [-0.39, 0.29) is 12.5 Å². The number of aliphatic hydroxyl groups is 1. The highest BCUT2D eigenvalue weighted by atomic mass is 32.2. The van der Waals surface area contributed by atoms with E-state index in [1.807, 2.05) is 30.5 Å². The number of carbonyl (C=O) groups is 1. The van der Waals surface area contributed by atoms with Gasteiger partial charge < -0.3 is 15.7 Å². The van der Waals surface area contributed by atoms with Crippen molar-refractivity contribution in [2.24, 2.45) is 5.73 Å². The number of benzene rings is 1. The number of hydrogen-bond acceptors (Lipinski definition) is 4.